The monoisotopic (exact) mass is 623 g/mol. The smallest absolute Gasteiger partial charge is 0.406 e. The number of carbonyl (C=O) groups is 4. The van der Waals surface area contributed by atoms with E-state index in [4.69, 9.17) is 23.3 Å². The van der Waals surface area contributed by atoms with Gasteiger partial charge in [-0.25, -0.2) is 14.4 Å². The highest BCUT2D eigenvalue weighted by molar-refractivity contribution is 8.13. The maximum Gasteiger partial charge on any atom is 0.406 e. The van der Waals surface area contributed by atoms with Crippen molar-refractivity contribution < 1.29 is 52.1 Å². The molecule has 0 spiro atoms. The molecule has 0 aromatic rings. The molecule has 0 aliphatic carbocycles. The molecule has 1 saturated heterocycles. The number of urea groups is 1. The van der Waals surface area contributed by atoms with Crippen LogP contribution in [-0.2, 0) is 42.2 Å². The summed E-state index contributed by atoms with van der Waals surface area (Å²) in [6, 6.07) is -1.65. The van der Waals surface area contributed by atoms with Crippen molar-refractivity contribution in [2.24, 2.45) is 11.3 Å². The van der Waals surface area contributed by atoms with Crippen LogP contribution in [0.15, 0.2) is 12.3 Å². The van der Waals surface area contributed by atoms with E-state index in [1.165, 1.54) is 31.0 Å². The molecular formula is C25H42N3O11PS. The van der Waals surface area contributed by atoms with Crippen LogP contribution in [0.2, 0.25) is 0 Å². The van der Waals surface area contributed by atoms with E-state index in [9.17, 15) is 28.8 Å². The average molecular weight is 624 g/mol. The Hall–Kier alpha value is -2.00. The Bertz CT molecular complexity index is 1020. The summed E-state index contributed by atoms with van der Waals surface area (Å²) in [5.41, 5.74) is -0.565. The molecule has 41 heavy (non-hydrogen) atoms. The third-order valence-corrected chi connectivity index (χ3v) is 8.72. The predicted octanol–water partition coefficient (Wildman–Crippen LogP) is 2.51. The summed E-state index contributed by atoms with van der Waals surface area (Å²) in [5, 5.41) is 14.5. The highest BCUT2D eigenvalue weighted by Crippen LogP contribution is 2.46. The van der Waals surface area contributed by atoms with Gasteiger partial charge < -0.3 is 24.6 Å². The average Bonchev–Trinajstić information content (AvgIpc) is 3.25. The van der Waals surface area contributed by atoms with Crippen LogP contribution in [0, 0.1) is 11.3 Å². The number of aliphatic hydroxyl groups is 1. The van der Waals surface area contributed by atoms with Gasteiger partial charge in [0.25, 0.3) is 0 Å². The van der Waals surface area contributed by atoms with Crippen molar-refractivity contribution in [2.75, 3.05) is 25.6 Å². The van der Waals surface area contributed by atoms with Gasteiger partial charge in [-0.2, -0.15) is 0 Å². The number of amides is 2. The minimum atomic E-state index is -4.17. The van der Waals surface area contributed by atoms with Gasteiger partial charge in [-0.1, -0.05) is 32.5 Å². The van der Waals surface area contributed by atoms with Gasteiger partial charge in [0.1, 0.15) is 18.5 Å². The summed E-state index contributed by atoms with van der Waals surface area (Å²) < 4.78 is 41.4. The van der Waals surface area contributed by atoms with Crippen LogP contribution in [0.25, 0.3) is 0 Å². The lowest BCUT2D eigenvalue weighted by molar-refractivity contribution is -0.149. The van der Waals surface area contributed by atoms with E-state index in [1.807, 2.05) is 0 Å². The molecule has 0 saturated carbocycles. The topological polar surface area (TPSA) is 179 Å². The number of esters is 2. The van der Waals surface area contributed by atoms with Gasteiger partial charge in [-0.3, -0.25) is 28.3 Å². The Morgan fingerprint density at radius 3 is 2.51 bits per heavy atom. The second-order valence-corrected chi connectivity index (χ2v) is 13.8. The lowest BCUT2D eigenvalue weighted by atomic mass is 10.00. The first-order valence-corrected chi connectivity index (χ1v) is 15.8. The van der Waals surface area contributed by atoms with Gasteiger partial charge in [-0.15, -0.1) is 0 Å². The Kier molecular flexibility index (Phi) is 13.3. The minimum Gasteiger partial charge on any atom is -0.465 e. The molecule has 1 fully saturated rings. The first-order valence-electron chi connectivity index (χ1n) is 13.3. The molecule has 234 valence electrons. The van der Waals surface area contributed by atoms with Crippen molar-refractivity contribution >= 4 is 42.6 Å². The van der Waals surface area contributed by atoms with Crippen LogP contribution < -0.4 is 10.4 Å². The van der Waals surface area contributed by atoms with E-state index in [-0.39, 0.29) is 37.1 Å². The molecule has 3 N–H and O–H groups in total. The summed E-state index contributed by atoms with van der Waals surface area (Å²) in [7, 11) is -4.17. The molecule has 16 heteroatoms. The van der Waals surface area contributed by atoms with Crippen molar-refractivity contribution in [3.05, 3.63) is 12.3 Å². The first kappa shape index (κ1) is 35.2. The molecular weight excluding hydrogens is 581 g/mol. The molecule has 2 unspecified atom stereocenters. The fraction of sp³-hybridized carbons (Fsp3) is 0.760. The number of nitrogens with one attached hydrogen (secondary N) is 2. The zero-order valence-electron chi connectivity index (χ0n) is 24.5. The van der Waals surface area contributed by atoms with Crippen LogP contribution >= 0.6 is 19.5 Å². The highest BCUT2D eigenvalue weighted by Gasteiger charge is 2.43. The fourth-order valence-electron chi connectivity index (χ4n) is 3.67. The second-order valence-electron chi connectivity index (χ2n) is 10.9. The Morgan fingerprint density at radius 1 is 1.24 bits per heavy atom. The van der Waals surface area contributed by atoms with Crippen molar-refractivity contribution in [2.45, 2.75) is 85.6 Å². The molecule has 0 bridgehead atoms. The number of ether oxygens (including phenoxy) is 3. The van der Waals surface area contributed by atoms with Crippen molar-refractivity contribution in [3.63, 3.8) is 0 Å². The van der Waals surface area contributed by atoms with Crippen LogP contribution in [-0.4, -0.2) is 89.4 Å². The molecule has 0 aromatic carbocycles. The summed E-state index contributed by atoms with van der Waals surface area (Å²) >= 11 is 1.03. The number of hydrogen-bond acceptors (Lipinski definition) is 12. The number of hydrogen-bond donors (Lipinski definition) is 3. The molecule has 6 atom stereocenters. The van der Waals surface area contributed by atoms with Crippen LogP contribution in [0.3, 0.4) is 0 Å². The first-order chi connectivity index (χ1) is 19.0. The van der Waals surface area contributed by atoms with Crippen molar-refractivity contribution in [1.82, 2.24) is 15.3 Å². The summed E-state index contributed by atoms with van der Waals surface area (Å²) in [4.78, 5) is 49.7. The van der Waals surface area contributed by atoms with E-state index in [2.05, 4.69) is 10.4 Å². The van der Waals surface area contributed by atoms with E-state index in [0.717, 1.165) is 11.8 Å². The number of aliphatic hydroxyl groups excluding tert-OH is 1. The van der Waals surface area contributed by atoms with Crippen LogP contribution in [0.5, 0.6) is 0 Å². The van der Waals surface area contributed by atoms with Gasteiger partial charge in [0.05, 0.1) is 32.0 Å². The molecule has 2 heterocycles. The zero-order valence-corrected chi connectivity index (χ0v) is 26.2. The molecule has 2 rings (SSSR count). The van der Waals surface area contributed by atoms with Gasteiger partial charge in [0, 0.05) is 36.6 Å². The summed E-state index contributed by atoms with van der Waals surface area (Å²) in [6.45, 7) is 10.9. The van der Waals surface area contributed by atoms with E-state index in [0.29, 0.717) is 0 Å². The number of thioether (sulfide) groups is 1. The maximum absolute atomic E-state index is 13.7. The van der Waals surface area contributed by atoms with E-state index >= 15 is 0 Å². The Balaban J connectivity index is 2.14. The van der Waals surface area contributed by atoms with Gasteiger partial charge >= 0.3 is 25.7 Å². The Labute approximate surface area is 244 Å². The minimum absolute atomic E-state index is 0.0527. The number of nitrogens with zero attached hydrogens (tertiary/aromatic N) is 1. The lowest BCUT2D eigenvalue weighted by Gasteiger charge is -2.30. The number of rotatable bonds is 14. The van der Waals surface area contributed by atoms with Crippen LogP contribution in [0.1, 0.15) is 54.9 Å². The van der Waals surface area contributed by atoms with Gasteiger partial charge in [0.2, 0.25) is 0 Å². The fourth-order valence-corrected chi connectivity index (χ4v) is 6.05. The summed E-state index contributed by atoms with van der Waals surface area (Å²) in [6.07, 6.45) is -0.124. The third kappa shape index (κ3) is 11.7. The quantitative estimate of drug-likeness (QED) is 0.146. The van der Waals surface area contributed by atoms with Gasteiger partial charge in [-0.05, 0) is 26.8 Å². The zero-order chi connectivity index (χ0) is 31.0. The molecule has 2 aliphatic heterocycles. The number of carbonyl (C=O) groups excluding carboxylic acids is 4. The molecule has 0 aromatic heterocycles. The normalized spacial score (nSPS) is 25.0. The Morgan fingerprint density at radius 2 is 1.93 bits per heavy atom. The highest BCUT2D eigenvalue weighted by atomic mass is 32.2. The molecule has 14 nitrogen and oxygen atoms in total. The maximum atomic E-state index is 13.7. The third-order valence-electron chi connectivity index (χ3n) is 5.76. The predicted molar refractivity (Wildman–Crippen MR) is 149 cm³/mol. The second kappa shape index (κ2) is 15.5. The summed E-state index contributed by atoms with van der Waals surface area (Å²) in [5.74, 6) is -1.44. The lowest BCUT2D eigenvalue weighted by Crippen LogP contribution is -2.49. The largest absolute Gasteiger partial charge is 0.465 e. The SMILES string of the molecule is CC(=O)OC[C@H]1C[C@H](N2C=CC(O)NC2=O)O[C@@H]1COP(=O)(N[C@@H](C)C(=O)OC(C)C)OCCSC(=O)C(C)(C)C. The van der Waals surface area contributed by atoms with Gasteiger partial charge in [0.15, 0.2) is 5.12 Å². The standard InChI is InChI=1S/C25H42N3O11PS/c1-15(2)38-22(31)16(3)27-40(34,36-10-11-41-23(32)25(5,6)7)37-14-19-18(13-35-17(4)29)12-21(39-19)28-9-8-20(30)26-24(28)33/h8-9,15-16,18-21,30H,10-14H2,1-7H3,(H,26,33)(H,27,34)/t16-,18+,19+,20?,21+,40?/m0/s1. The van der Waals surface area contributed by atoms with Crippen molar-refractivity contribution in [1.29, 1.82) is 0 Å². The molecule has 0 radical (unpaired) electrons. The van der Waals surface area contributed by atoms with Crippen LogP contribution in [0.4, 0.5) is 4.79 Å². The van der Waals surface area contributed by atoms with E-state index in [1.54, 1.807) is 34.6 Å². The van der Waals surface area contributed by atoms with Crippen molar-refractivity contribution in [3.8, 4) is 0 Å². The molecule has 2 amide bonds. The van der Waals surface area contributed by atoms with E-state index < -0.39 is 67.8 Å². The molecule has 2 aliphatic rings.